The first-order valence-corrected chi connectivity index (χ1v) is 11.7. The van der Waals surface area contributed by atoms with E-state index in [4.69, 9.17) is 25.9 Å². The Balaban J connectivity index is 1.61. The van der Waals surface area contributed by atoms with E-state index < -0.39 is 18.6 Å². The molecule has 0 saturated heterocycles. The SMILES string of the molecule is [2H]C([2H])([2H])n1c(=O)c2cc(C)cc(C(C)Nc3ccc(Cl)nc3-c3nnco3)c2n2cnc(-c3cnc(N)nc3)c12. The highest BCUT2D eigenvalue weighted by Gasteiger charge is 2.22. The zero-order valence-corrected chi connectivity index (χ0v) is 20.8. The van der Waals surface area contributed by atoms with Crippen LogP contribution in [0.2, 0.25) is 5.15 Å². The molecule has 1 unspecified atom stereocenters. The summed E-state index contributed by atoms with van der Waals surface area (Å²) < 4.78 is 32.3. The van der Waals surface area contributed by atoms with Gasteiger partial charge in [0.25, 0.3) is 11.4 Å². The van der Waals surface area contributed by atoms with Gasteiger partial charge in [-0.15, -0.1) is 10.2 Å². The molecular formula is C25H21ClN10O2. The molecule has 12 nitrogen and oxygen atoms in total. The number of hydrogen-bond donors (Lipinski definition) is 2. The van der Waals surface area contributed by atoms with Gasteiger partial charge in [-0.25, -0.2) is 19.9 Å². The number of hydrogen-bond acceptors (Lipinski definition) is 10. The van der Waals surface area contributed by atoms with Crippen LogP contribution in [-0.2, 0) is 6.98 Å². The molecule has 0 radical (unpaired) electrons. The van der Waals surface area contributed by atoms with Crippen molar-refractivity contribution in [2.75, 3.05) is 11.1 Å². The third-order valence-electron chi connectivity index (χ3n) is 6.12. The summed E-state index contributed by atoms with van der Waals surface area (Å²) in [6.07, 6.45) is 5.52. The van der Waals surface area contributed by atoms with Gasteiger partial charge in [0.2, 0.25) is 12.3 Å². The van der Waals surface area contributed by atoms with Gasteiger partial charge in [0.15, 0.2) is 5.69 Å². The second-order valence-electron chi connectivity index (χ2n) is 8.65. The molecule has 0 aliphatic carbocycles. The van der Waals surface area contributed by atoms with E-state index in [1.807, 2.05) is 19.9 Å². The molecule has 190 valence electrons. The van der Waals surface area contributed by atoms with Crippen LogP contribution in [-0.4, -0.2) is 39.1 Å². The topological polar surface area (TPSA) is 155 Å². The fourth-order valence-electron chi connectivity index (χ4n) is 4.47. The number of rotatable bonds is 5. The fraction of sp³-hybridized carbons (Fsp3) is 0.160. The first kappa shape index (κ1) is 20.2. The summed E-state index contributed by atoms with van der Waals surface area (Å²) in [5, 5.41) is 11.5. The zero-order chi connectivity index (χ0) is 29.1. The molecule has 0 spiro atoms. The quantitative estimate of drug-likeness (QED) is 0.314. The number of pyridine rings is 1. The van der Waals surface area contributed by atoms with Crippen molar-refractivity contribution in [2.24, 2.45) is 6.98 Å². The predicted molar refractivity (Wildman–Crippen MR) is 143 cm³/mol. The van der Waals surface area contributed by atoms with E-state index in [1.54, 1.807) is 22.6 Å². The van der Waals surface area contributed by atoms with Crippen LogP contribution in [0.25, 0.3) is 39.4 Å². The minimum absolute atomic E-state index is 0.0465. The van der Waals surface area contributed by atoms with E-state index in [-0.39, 0.29) is 33.7 Å². The fourth-order valence-corrected chi connectivity index (χ4v) is 4.62. The maximum absolute atomic E-state index is 13.9. The van der Waals surface area contributed by atoms with Crippen LogP contribution in [0.5, 0.6) is 0 Å². The summed E-state index contributed by atoms with van der Waals surface area (Å²) in [5.41, 5.74) is 8.47. The molecule has 3 N–H and O–H groups in total. The lowest BCUT2D eigenvalue weighted by atomic mass is 10.0. The Bertz CT molecular complexity index is 1990. The van der Waals surface area contributed by atoms with Gasteiger partial charge in [-0.1, -0.05) is 17.7 Å². The summed E-state index contributed by atoms with van der Waals surface area (Å²) in [7, 11) is 0. The second-order valence-corrected chi connectivity index (χ2v) is 9.03. The number of nitrogens with two attached hydrogens (primary N) is 1. The molecule has 0 aliphatic rings. The number of imidazole rings is 1. The van der Waals surface area contributed by atoms with Crippen LogP contribution in [0.1, 0.15) is 28.2 Å². The van der Waals surface area contributed by atoms with Crippen molar-refractivity contribution in [3.8, 4) is 22.8 Å². The number of nitrogen functional groups attached to an aromatic ring is 1. The Hall–Kier alpha value is -4.84. The average Bonchev–Trinajstić information content (AvgIpc) is 3.60. The van der Waals surface area contributed by atoms with Crippen LogP contribution in [0.15, 0.2) is 58.6 Å². The van der Waals surface area contributed by atoms with Gasteiger partial charge in [-0.3, -0.25) is 13.8 Å². The Morgan fingerprint density at radius 2 is 2.00 bits per heavy atom. The van der Waals surface area contributed by atoms with Gasteiger partial charge in [-0.05, 0) is 43.2 Å². The molecule has 0 saturated carbocycles. The van der Waals surface area contributed by atoms with Crippen molar-refractivity contribution >= 4 is 39.8 Å². The maximum Gasteiger partial charge on any atom is 0.268 e. The van der Waals surface area contributed by atoms with E-state index in [1.165, 1.54) is 25.1 Å². The van der Waals surface area contributed by atoms with E-state index in [0.29, 0.717) is 28.0 Å². The third-order valence-corrected chi connectivity index (χ3v) is 6.33. The second kappa shape index (κ2) is 8.92. The standard InChI is InChI=1S/C25H21ClN10O2/c1-12-6-15(13(2)32-17-4-5-18(26)33-20(17)22-34-31-11-38-22)21-16(7-12)24(37)35(3)23-19(30-10-36(21)23)14-8-28-25(27)29-9-14/h4-11,13,32H,1-3H3,(H2,27,28,29)/i3D3. The van der Waals surface area contributed by atoms with E-state index >= 15 is 0 Å². The van der Waals surface area contributed by atoms with Crippen molar-refractivity contribution in [3.63, 3.8) is 0 Å². The van der Waals surface area contributed by atoms with Gasteiger partial charge < -0.3 is 15.5 Å². The van der Waals surface area contributed by atoms with Gasteiger partial charge in [0.1, 0.15) is 22.8 Å². The number of anilines is 2. The van der Waals surface area contributed by atoms with Crippen molar-refractivity contribution in [1.82, 2.24) is 39.1 Å². The molecule has 1 aromatic carbocycles. The largest absolute Gasteiger partial charge is 0.422 e. The Kier molecular flexibility index (Phi) is 4.75. The number of aromatic nitrogens is 8. The monoisotopic (exact) mass is 531 g/mol. The molecule has 13 heteroatoms. The predicted octanol–water partition coefficient (Wildman–Crippen LogP) is 3.81. The first-order chi connectivity index (χ1) is 19.5. The highest BCUT2D eigenvalue weighted by molar-refractivity contribution is 6.29. The van der Waals surface area contributed by atoms with E-state index in [2.05, 4.69) is 35.5 Å². The first-order valence-electron chi connectivity index (χ1n) is 12.9. The molecule has 5 heterocycles. The summed E-state index contributed by atoms with van der Waals surface area (Å²) in [6.45, 7) is 0.919. The van der Waals surface area contributed by atoms with Gasteiger partial charge in [0, 0.05) is 29.0 Å². The lowest BCUT2D eigenvalue weighted by molar-refractivity contribution is 0.566. The Labute approximate surface area is 224 Å². The molecule has 1 atom stereocenters. The number of nitrogens with zero attached hydrogens (tertiary/aromatic N) is 8. The number of benzene rings is 1. The number of fused-ring (bicyclic) bond motifs is 3. The van der Waals surface area contributed by atoms with Crippen LogP contribution in [0, 0.1) is 6.92 Å². The van der Waals surface area contributed by atoms with Gasteiger partial charge in [0.05, 0.1) is 22.6 Å². The van der Waals surface area contributed by atoms with Crippen molar-refractivity contribution in [2.45, 2.75) is 19.9 Å². The Morgan fingerprint density at radius 1 is 1.18 bits per heavy atom. The number of aryl methyl sites for hydroxylation is 2. The Morgan fingerprint density at radius 3 is 2.74 bits per heavy atom. The van der Waals surface area contributed by atoms with Gasteiger partial charge >= 0.3 is 0 Å². The average molecular weight is 532 g/mol. The minimum atomic E-state index is -2.81. The summed E-state index contributed by atoms with van der Waals surface area (Å²) in [6, 6.07) is 6.50. The van der Waals surface area contributed by atoms with Gasteiger partial charge in [-0.2, -0.15) is 0 Å². The van der Waals surface area contributed by atoms with E-state index in [0.717, 1.165) is 10.1 Å². The zero-order valence-electron chi connectivity index (χ0n) is 23.0. The molecule has 0 bridgehead atoms. The van der Waals surface area contributed by atoms with Crippen LogP contribution < -0.4 is 16.6 Å². The number of halogens is 1. The highest BCUT2D eigenvalue weighted by atomic mass is 35.5. The van der Waals surface area contributed by atoms with Crippen molar-refractivity contribution in [1.29, 1.82) is 0 Å². The molecule has 6 rings (SSSR count). The molecule has 38 heavy (non-hydrogen) atoms. The maximum atomic E-state index is 13.9. The third kappa shape index (κ3) is 3.82. The van der Waals surface area contributed by atoms with Crippen LogP contribution >= 0.6 is 11.6 Å². The lowest BCUT2D eigenvalue weighted by Crippen LogP contribution is -2.21. The molecule has 0 amide bonds. The highest BCUT2D eigenvalue weighted by Crippen LogP contribution is 2.33. The summed E-state index contributed by atoms with van der Waals surface area (Å²) >= 11 is 6.14. The molecule has 5 aromatic heterocycles. The molecule has 6 aromatic rings. The molecule has 0 aliphatic heterocycles. The molecule has 0 fully saturated rings. The van der Waals surface area contributed by atoms with Crippen molar-refractivity contribution < 1.29 is 8.53 Å². The smallest absolute Gasteiger partial charge is 0.268 e. The minimum Gasteiger partial charge on any atom is -0.422 e. The van der Waals surface area contributed by atoms with Crippen molar-refractivity contribution in [3.05, 3.63) is 76.0 Å². The van der Waals surface area contributed by atoms with E-state index in [9.17, 15) is 4.79 Å². The van der Waals surface area contributed by atoms with Crippen LogP contribution in [0.3, 0.4) is 0 Å². The normalized spacial score (nSPS) is 13.8. The lowest BCUT2D eigenvalue weighted by Gasteiger charge is -2.21. The molecular weight excluding hydrogens is 508 g/mol. The van der Waals surface area contributed by atoms with Crippen LogP contribution in [0.4, 0.5) is 11.6 Å². The number of nitrogens with one attached hydrogen (secondary N) is 1. The summed E-state index contributed by atoms with van der Waals surface area (Å²) in [5.74, 6) is 0.217. The summed E-state index contributed by atoms with van der Waals surface area (Å²) in [4.78, 5) is 30.7.